The van der Waals surface area contributed by atoms with Crippen LogP contribution in [-0.2, 0) is 6.42 Å². The zero-order valence-electron chi connectivity index (χ0n) is 9.51. The Morgan fingerprint density at radius 2 is 2.33 bits per heavy atom. The molecule has 0 saturated carbocycles. The van der Waals surface area contributed by atoms with Crippen molar-refractivity contribution < 1.29 is 14.6 Å². The van der Waals surface area contributed by atoms with E-state index in [0.29, 0.717) is 10.2 Å². The normalized spacial score (nSPS) is 10.3. The van der Waals surface area contributed by atoms with Crippen LogP contribution in [0.5, 0.6) is 10.9 Å². The molecule has 2 aromatic rings. The molecule has 0 amide bonds. The number of hydrogen-bond acceptors (Lipinski definition) is 4. The molecule has 0 fully saturated rings. The quantitative estimate of drug-likeness (QED) is 0.926. The van der Waals surface area contributed by atoms with Crippen molar-refractivity contribution in [2.24, 2.45) is 0 Å². The number of aromatic carboxylic acids is 1. The second-order valence-corrected chi connectivity index (χ2v) is 4.76. The molecule has 6 heteroatoms. The number of aryl methyl sites for hydroxylation is 1. The first kappa shape index (κ1) is 12.9. The Morgan fingerprint density at radius 1 is 1.56 bits per heavy atom. The summed E-state index contributed by atoms with van der Waals surface area (Å²) in [4.78, 5) is 15.3. The van der Waals surface area contributed by atoms with Crippen molar-refractivity contribution in [2.75, 3.05) is 0 Å². The lowest BCUT2D eigenvalue weighted by Crippen LogP contribution is -1.99. The fourth-order valence-corrected chi connectivity index (χ4v) is 2.28. The first-order chi connectivity index (χ1) is 8.60. The SMILES string of the molecule is CCc1csc(Oc2cc(Cl)ccc2C(=O)O)n1. The Balaban J connectivity index is 2.32. The number of rotatable bonds is 4. The Bertz CT molecular complexity index is 582. The van der Waals surface area contributed by atoms with Crippen LogP contribution in [0.15, 0.2) is 23.6 Å². The molecule has 2 rings (SSSR count). The van der Waals surface area contributed by atoms with Crippen LogP contribution >= 0.6 is 22.9 Å². The van der Waals surface area contributed by atoms with Crippen LogP contribution in [0.3, 0.4) is 0 Å². The van der Waals surface area contributed by atoms with Gasteiger partial charge in [-0.1, -0.05) is 29.9 Å². The van der Waals surface area contributed by atoms with Crippen molar-refractivity contribution in [3.8, 4) is 10.9 Å². The second-order valence-electron chi connectivity index (χ2n) is 3.51. The van der Waals surface area contributed by atoms with E-state index in [1.807, 2.05) is 12.3 Å². The number of carboxylic acid groups (broad SMARTS) is 1. The van der Waals surface area contributed by atoms with Gasteiger partial charge in [0.2, 0.25) is 0 Å². The third-order valence-corrected chi connectivity index (χ3v) is 3.27. The number of benzene rings is 1. The van der Waals surface area contributed by atoms with Gasteiger partial charge in [0, 0.05) is 16.5 Å². The first-order valence-corrected chi connectivity index (χ1v) is 6.51. The average Bonchev–Trinajstić information content (AvgIpc) is 2.76. The molecule has 94 valence electrons. The predicted molar refractivity (Wildman–Crippen MR) is 70.0 cm³/mol. The van der Waals surface area contributed by atoms with E-state index in [4.69, 9.17) is 21.4 Å². The van der Waals surface area contributed by atoms with Gasteiger partial charge in [0.05, 0.1) is 5.69 Å². The van der Waals surface area contributed by atoms with Gasteiger partial charge in [-0.25, -0.2) is 9.78 Å². The summed E-state index contributed by atoms with van der Waals surface area (Å²) in [5.41, 5.74) is 0.974. The molecule has 0 radical (unpaired) electrons. The van der Waals surface area contributed by atoms with Gasteiger partial charge in [-0.3, -0.25) is 0 Å². The van der Waals surface area contributed by atoms with E-state index in [0.717, 1.165) is 12.1 Å². The minimum atomic E-state index is -1.06. The van der Waals surface area contributed by atoms with E-state index in [1.165, 1.54) is 29.5 Å². The van der Waals surface area contributed by atoms with E-state index in [-0.39, 0.29) is 11.3 Å². The number of hydrogen-bond donors (Lipinski definition) is 1. The van der Waals surface area contributed by atoms with E-state index >= 15 is 0 Å². The molecule has 4 nitrogen and oxygen atoms in total. The Labute approximate surface area is 113 Å². The smallest absolute Gasteiger partial charge is 0.339 e. The van der Waals surface area contributed by atoms with Gasteiger partial charge in [0.25, 0.3) is 5.19 Å². The molecule has 0 aliphatic rings. The Morgan fingerprint density at radius 3 is 2.94 bits per heavy atom. The summed E-state index contributed by atoms with van der Waals surface area (Å²) in [6, 6.07) is 4.39. The van der Waals surface area contributed by atoms with E-state index in [9.17, 15) is 4.79 Å². The third-order valence-electron chi connectivity index (χ3n) is 2.26. The molecule has 0 spiro atoms. The fourth-order valence-electron chi connectivity index (χ4n) is 1.35. The number of halogens is 1. The summed E-state index contributed by atoms with van der Waals surface area (Å²) in [7, 11) is 0. The minimum Gasteiger partial charge on any atom is -0.478 e. The zero-order chi connectivity index (χ0) is 13.1. The molecular weight excluding hydrogens is 274 g/mol. The molecule has 18 heavy (non-hydrogen) atoms. The Kier molecular flexibility index (Phi) is 3.84. The fraction of sp³-hybridized carbons (Fsp3) is 0.167. The van der Waals surface area contributed by atoms with E-state index < -0.39 is 5.97 Å². The predicted octanol–water partition coefficient (Wildman–Crippen LogP) is 3.85. The standard InChI is InChI=1S/C12H10ClNO3S/c1-2-8-6-18-12(14-8)17-10-5-7(13)3-4-9(10)11(15)16/h3-6H,2H2,1H3,(H,15,16). The summed E-state index contributed by atoms with van der Waals surface area (Å²) in [6.07, 6.45) is 0.807. The van der Waals surface area contributed by atoms with Crippen LogP contribution in [0, 0.1) is 0 Å². The largest absolute Gasteiger partial charge is 0.478 e. The van der Waals surface area contributed by atoms with Crippen molar-refractivity contribution in [3.05, 3.63) is 39.9 Å². The van der Waals surface area contributed by atoms with Crippen molar-refractivity contribution >= 4 is 28.9 Å². The lowest BCUT2D eigenvalue weighted by Gasteiger charge is -2.06. The maximum atomic E-state index is 11.0. The number of nitrogens with zero attached hydrogens (tertiary/aromatic N) is 1. The van der Waals surface area contributed by atoms with Crippen LogP contribution in [0.25, 0.3) is 0 Å². The Hall–Kier alpha value is -1.59. The third kappa shape index (κ3) is 2.80. The highest BCUT2D eigenvalue weighted by molar-refractivity contribution is 7.11. The number of carboxylic acids is 1. The van der Waals surface area contributed by atoms with Gasteiger partial charge in [0.1, 0.15) is 11.3 Å². The van der Waals surface area contributed by atoms with Crippen LogP contribution in [-0.4, -0.2) is 16.1 Å². The molecule has 0 aliphatic heterocycles. The van der Waals surface area contributed by atoms with Gasteiger partial charge in [-0.05, 0) is 18.6 Å². The van der Waals surface area contributed by atoms with Crippen LogP contribution in [0.2, 0.25) is 5.02 Å². The van der Waals surface area contributed by atoms with Gasteiger partial charge in [-0.15, -0.1) is 0 Å². The first-order valence-electron chi connectivity index (χ1n) is 5.25. The van der Waals surface area contributed by atoms with Crippen molar-refractivity contribution in [2.45, 2.75) is 13.3 Å². The highest BCUT2D eigenvalue weighted by Crippen LogP contribution is 2.30. The molecule has 0 saturated heterocycles. The van der Waals surface area contributed by atoms with Crippen molar-refractivity contribution in [3.63, 3.8) is 0 Å². The highest BCUT2D eigenvalue weighted by Gasteiger charge is 2.14. The molecule has 1 heterocycles. The zero-order valence-corrected chi connectivity index (χ0v) is 11.1. The number of thiazole rings is 1. The molecule has 0 aliphatic carbocycles. The van der Waals surface area contributed by atoms with Crippen LogP contribution in [0.4, 0.5) is 0 Å². The van der Waals surface area contributed by atoms with Gasteiger partial charge < -0.3 is 9.84 Å². The number of carbonyl (C=O) groups is 1. The molecule has 1 aromatic carbocycles. The van der Waals surface area contributed by atoms with Gasteiger partial charge in [0.15, 0.2) is 0 Å². The summed E-state index contributed by atoms with van der Waals surface area (Å²) in [5.74, 6) is -0.860. The molecule has 1 aromatic heterocycles. The molecule has 0 unspecified atom stereocenters. The lowest BCUT2D eigenvalue weighted by molar-refractivity contribution is 0.0694. The van der Waals surface area contributed by atoms with E-state index in [1.54, 1.807) is 0 Å². The number of ether oxygens (including phenoxy) is 1. The second kappa shape index (κ2) is 5.37. The monoisotopic (exact) mass is 283 g/mol. The summed E-state index contributed by atoms with van der Waals surface area (Å²) < 4.78 is 5.48. The maximum Gasteiger partial charge on any atom is 0.339 e. The molecule has 0 bridgehead atoms. The number of aromatic nitrogens is 1. The molecule has 0 atom stereocenters. The lowest BCUT2D eigenvalue weighted by atomic mass is 10.2. The summed E-state index contributed by atoms with van der Waals surface area (Å²) in [5, 5.41) is 11.8. The van der Waals surface area contributed by atoms with Crippen molar-refractivity contribution in [1.82, 2.24) is 4.98 Å². The average molecular weight is 284 g/mol. The van der Waals surface area contributed by atoms with Gasteiger partial charge in [-0.2, -0.15) is 0 Å². The molecule has 1 N–H and O–H groups in total. The van der Waals surface area contributed by atoms with Gasteiger partial charge >= 0.3 is 5.97 Å². The minimum absolute atomic E-state index is 0.0626. The van der Waals surface area contributed by atoms with Crippen LogP contribution in [0.1, 0.15) is 23.0 Å². The van der Waals surface area contributed by atoms with Crippen LogP contribution < -0.4 is 4.74 Å². The summed E-state index contributed by atoms with van der Waals surface area (Å²) in [6.45, 7) is 1.99. The molecular formula is C12H10ClNO3S. The van der Waals surface area contributed by atoms with E-state index in [2.05, 4.69) is 4.98 Å². The highest BCUT2D eigenvalue weighted by atomic mass is 35.5. The van der Waals surface area contributed by atoms with Crippen molar-refractivity contribution in [1.29, 1.82) is 0 Å². The summed E-state index contributed by atoms with van der Waals surface area (Å²) >= 11 is 7.16. The topological polar surface area (TPSA) is 59.4 Å². The maximum absolute atomic E-state index is 11.0.